The van der Waals surface area contributed by atoms with Crippen LogP contribution in [0.5, 0.6) is 0 Å². The zero-order chi connectivity index (χ0) is 15.3. The molecule has 0 fully saturated rings. The number of carbonyl (C=O) groups is 1. The molecular weight excluding hydrogens is 288 g/mol. The number of rotatable bonds is 12. The molecule has 0 saturated carbocycles. The van der Waals surface area contributed by atoms with Gasteiger partial charge < -0.3 is 14.8 Å². The predicted octanol–water partition coefficient (Wildman–Crippen LogP) is 2.66. The Labute approximate surface area is 131 Å². The molecule has 1 aromatic rings. The SMILES string of the molecule is CCCCOCCCNCCc1nc(C(=O)OCC)cs1. The predicted molar refractivity (Wildman–Crippen MR) is 85.0 cm³/mol. The van der Waals surface area contributed by atoms with Crippen LogP contribution in [0.4, 0.5) is 0 Å². The number of esters is 1. The summed E-state index contributed by atoms with van der Waals surface area (Å²) in [5.74, 6) is -0.336. The Morgan fingerprint density at radius 3 is 2.86 bits per heavy atom. The van der Waals surface area contributed by atoms with Crippen molar-refractivity contribution in [1.29, 1.82) is 0 Å². The lowest BCUT2D eigenvalue weighted by Gasteiger charge is -2.04. The zero-order valence-electron chi connectivity index (χ0n) is 13.0. The number of hydrogen-bond donors (Lipinski definition) is 1. The molecule has 0 saturated heterocycles. The van der Waals surface area contributed by atoms with E-state index in [0.717, 1.165) is 50.6 Å². The molecule has 0 unspecified atom stereocenters. The number of thiazole rings is 1. The van der Waals surface area contributed by atoms with Crippen molar-refractivity contribution in [3.8, 4) is 0 Å². The number of hydrogen-bond acceptors (Lipinski definition) is 6. The lowest BCUT2D eigenvalue weighted by atomic mass is 10.3. The summed E-state index contributed by atoms with van der Waals surface area (Å²) in [6.07, 6.45) is 4.18. The van der Waals surface area contributed by atoms with E-state index in [1.165, 1.54) is 17.8 Å². The molecule has 120 valence electrons. The third kappa shape index (κ3) is 8.14. The van der Waals surface area contributed by atoms with Crippen molar-refractivity contribution in [2.24, 2.45) is 0 Å². The maximum absolute atomic E-state index is 11.5. The highest BCUT2D eigenvalue weighted by molar-refractivity contribution is 7.09. The Kier molecular flexibility index (Phi) is 10.0. The lowest BCUT2D eigenvalue weighted by molar-refractivity contribution is 0.0520. The van der Waals surface area contributed by atoms with Crippen molar-refractivity contribution in [2.75, 3.05) is 32.9 Å². The average Bonchev–Trinajstić information content (AvgIpc) is 2.95. The van der Waals surface area contributed by atoms with E-state index in [2.05, 4.69) is 17.2 Å². The van der Waals surface area contributed by atoms with Gasteiger partial charge in [-0.25, -0.2) is 9.78 Å². The normalized spacial score (nSPS) is 10.8. The van der Waals surface area contributed by atoms with Gasteiger partial charge in [0.2, 0.25) is 0 Å². The first kappa shape index (κ1) is 18.1. The van der Waals surface area contributed by atoms with E-state index in [0.29, 0.717) is 12.3 Å². The topological polar surface area (TPSA) is 60.5 Å². The first-order chi connectivity index (χ1) is 10.3. The third-order valence-electron chi connectivity index (χ3n) is 2.84. The fourth-order valence-corrected chi connectivity index (χ4v) is 2.46. The number of nitrogens with one attached hydrogen (secondary N) is 1. The molecule has 21 heavy (non-hydrogen) atoms. The summed E-state index contributed by atoms with van der Waals surface area (Å²) in [5, 5.41) is 6.08. The van der Waals surface area contributed by atoms with Gasteiger partial charge >= 0.3 is 5.97 Å². The number of nitrogens with zero attached hydrogens (tertiary/aromatic N) is 1. The van der Waals surface area contributed by atoms with Crippen LogP contribution in [0.15, 0.2) is 5.38 Å². The summed E-state index contributed by atoms with van der Waals surface area (Å²) in [4.78, 5) is 15.7. The first-order valence-corrected chi connectivity index (χ1v) is 8.55. The molecule has 0 spiro atoms. The Morgan fingerprint density at radius 2 is 2.10 bits per heavy atom. The van der Waals surface area contributed by atoms with Gasteiger partial charge in [0.25, 0.3) is 0 Å². The lowest BCUT2D eigenvalue weighted by Crippen LogP contribution is -2.20. The fraction of sp³-hybridized carbons (Fsp3) is 0.733. The van der Waals surface area contributed by atoms with Crippen LogP contribution in [0.3, 0.4) is 0 Å². The van der Waals surface area contributed by atoms with Gasteiger partial charge in [0, 0.05) is 31.6 Å². The summed E-state index contributed by atoms with van der Waals surface area (Å²) in [7, 11) is 0. The minimum atomic E-state index is -0.336. The smallest absolute Gasteiger partial charge is 0.357 e. The van der Waals surface area contributed by atoms with Crippen molar-refractivity contribution >= 4 is 17.3 Å². The first-order valence-electron chi connectivity index (χ1n) is 7.67. The van der Waals surface area contributed by atoms with Crippen LogP contribution in [0, 0.1) is 0 Å². The second kappa shape index (κ2) is 11.7. The summed E-state index contributed by atoms with van der Waals surface area (Å²) in [6, 6.07) is 0. The molecule has 0 aliphatic heterocycles. The van der Waals surface area contributed by atoms with Gasteiger partial charge in [-0.05, 0) is 26.3 Å². The summed E-state index contributed by atoms with van der Waals surface area (Å²) < 4.78 is 10.4. The maximum Gasteiger partial charge on any atom is 0.357 e. The molecule has 5 nitrogen and oxygen atoms in total. The monoisotopic (exact) mass is 314 g/mol. The quantitative estimate of drug-likeness (QED) is 0.475. The zero-order valence-corrected chi connectivity index (χ0v) is 13.8. The molecule has 0 radical (unpaired) electrons. The Morgan fingerprint density at radius 1 is 1.29 bits per heavy atom. The van der Waals surface area contributed by atoms with Gasteiger partial charge in [-0.3, -0.25) is 0 Å². The molecule has 6 heteroatoms. The van der Waals surface area contributed by atoms with Gasteiger partial charge in [-0.2, -0.15) is 0 Å². The Hall–Kier alpha value is -0.980. The standard InChI is InChI=1S/C15H26N2O3S/c1-3-5-10-19-11-6-8-16-9-7-14-17-13(12-21-14)15(18)20-4-2/h12,16H,3-11H2,1-2H3. The van der Waals surface area contributed by atoms with Gasteiger partial charge in [-0.15, -0.1) is 11.3 Å². The maximum atomic E-state index is 11.5. The Balaban J connectivity index is 2.04. The fourth-order valence-electron chi connectivity index (χ4n) is 1.69. The van der Waals surface area contributed by atoms with Crippen LogP contribution in [-0.4, -0.2) is 43.9 Å². The minimum absolute atomic E-state index is 0.336. The third-order valence-corrected chi connectivity index (χ3v) is 3.75. The number of unbranched alkanes of at least 4 members (excludes halogenated alkanes) is 1. The summed E-state index contributed by atoms with van der Waals surface area (Å²) in [6.45, 7) is 7.84. The van der Waals surface area contributed by atoms with Crippen molar-refractivity contribution in [3.05, 3.63) is 16.1 Å². The van der Waals surface area contributed by atoms with Gasteiger partial charge in [0.05, 0.1) is 11.6 Å². The van der Waals surface area contributed by atoms with Gasteiger partial charge in [-0.1, -0.05) is 13.3 Å². The van der Waals surface area contributed by atoms with E-state index in [9.17, 15) is 4.79 Å². The number of carbonyl (C=O) groups excluding carboxylic acids is 1. The van der Waals surface area contributed by atoms with Crippen LogP contribution in [0.25, 0.3) is 0 Å². The van der Waals surface area contributed by atoms with Crippen LogP contribution in [0.2, 0.25) is 0 Å². The average molecular weight is 314 g/mol. The summed E-state index contributed by atoms with van der Waals surface area (Å²) in [5.41, 5.74) is 0.418. The van der Waals surface area contributed by atoms with Crippen molar-refractivity contribution in [1.82, 2.24) is 10.3 Å². The molecule has 0 amide bonds. The molecular formula is C15H26N2O3S. The second-order valence-corrected chi connectivity index (χ2v) is 5.61. The molecule has 0 aliphatic rings. The molecule has 0 bridgehead atoms. The molecule has 1 N–H and O–H groups in total. The van der Waals surface area contributed by atoms with E-state index in [4.69, 9.17) is 9.47 Å². The van der Waals surface area contributed by atoms with Gasteiger partial charge in [0.1, 0.15) is 0 Å². The largest absolute Gasteiger partial charge is 0.461 e. The Bertz CT molecular complexity index is 396. The van der Waals surface area contributed by atoms with Crippen LogP contribution < -0.4 is 5.32 Å². The highest BCUT2D eigenvalue weighted by Crippen LogP contribution is 2.11. The highest BCUT2D eigenvalue weighted by Gasteiger charge is 2.10. The highest BCUT2D eigenvalue weighted by atomic mass is 32.1. The van der Waals surface area contributed by atoms with E-state index in [-0.39, 0.29) is 5.97 Å². The van der Waals surface area contributed by atoms with E-state index in [1.54, 1.807) is 12.3 Å². The molecule has 1 aromatic heterocycles. The van der Waals surface area contributed by atoms with Crippen molar-refractivity contribution in [3.63, 3.8) is 0 Å². The van der Waals surface area contributed by atoms with E-state index >= 15 is 0 Å². The molecule has 1 heterocycles. The van der Waals surface area contributed by atoms with E-state index in [1.807, 2.05) is 0 Å². The second-order valence-electron chi connectivity index (χ2n) is 4.67. The van der Waals surface area contributed by atoms with Crippen LogP contribution >= 0.6 is 11.3 Å². The number of aromatic nitrogens is 1. The van der Waals surface area contributed by atoms with Crippen molar-refractivity contribution < 1.29 is 14.3 Å². The number of ether oxygens (including phenoxy) is 2. The molecule has 0 atom stereocenters. The van der Waals surface area contributed by atoms with Crippen LogP contribution in [0.1, 0.15) is 48.6 Å². The van der Waals surface area contributed by atoms with Crippen molar-refractivity contribution in [2.45, 2.75) is 39.5 Å². The molecule has 1 rings (SSSR count). The summed E-state index contributed by atoms with van der Waals surface area (Å²) >= 11 is 1.50. The minimum Gasteiger partial charge on any atom is -0.461 e. The molecule has 0 aliphatic carbocycles. The van der Waals surface area contributed by atoms with Gasteiger partial charge in [0.15, 0.2) is 5.69 Å². The van der Waals surface area contributed by atoms with E-state index < -0.39 is 0 Å². The molecule has 0 aromatic carbocycles. The van der Waals surface area contributed by atoms with Crippen LogP contribution in [-0.2, 0) is 15.9 Å².